The van der Waals surface area contributed by atoms with Crippen LogP contribution in [0.5, 0.6) is 0 Å². The highest BCUT2D eigenvalue weighted by Crippen LogP contribution is 2.55. The minimum atomic E-state index is 0.0228. The van der Waals surface area contributed by atoms with Crippen molar-refractivity contribution >= 4 is 5.78 Å². The summed E-state index contributed by atoms with van der Waals surface area (Å²) in [4.78, 5) is 12.2. The molecule has 0 aromatic rings. The van der Waals surface area contributed by atoms with Crippen LogP contribution in [0.4, 0.5) is 0 Å². The minimum Gasteiger partial charge on any atom is -0.363 e. The fourth-order valence-electron chi connectivity index (χ4n) is 4.88. The molecule has 2 aliphatic heterocycles. The highest BCUT2D eigenvalue weighted by molar-refractivity contribution is 5.85. The average molecular weight is 232 g/mol. The largest absolute Gasteiger partial charge is 0.363 e. The fourth-order valence-corrected chi connectivity index (χ4v) is 4.88. The third kappa shape index (κ3) is 1.22. The Kier molecular flexibility index (Phi) is 1.96. The van der Waals surface area contributed by atoms with Crippen LogP contribution in [-0.4, -0.2) is 17.5 Å². The molecule has 4 aliphatic rings. The van der Waals surface area contributed by atoms with Crippen molar-refractivity contribution in [3.8, 4) is 0 Å². The number of Topliss-reactive ketones (excluding diaryl/α,β-unsaturated/α-hetero) is 1. The molecule has 6 atom stereocenters. The number of carbonyl (C=O) groups excluding carboxylic acids is 1. The van der Waals surface area contributed by atoms with Gasteiger partial charge in [-0.3, -0.25) is 4.79 Å². The molecule has 2 saturated carbocycles. The second-order valence-electron chi connectivity index (χ2n) is 6.56. The second kappa shape index (κ2) is 3.23. The third-order valence-electron chi connectivity index (χ3n) is 5.73. The summed E-state index contributed by atoms with van der Waals surface area (Å²) in [5.74, 6) is 2.46. The molecular formula is C15H20O2. The number of hydrogen-bond donors (Lipinski definition) is 0. The molecular weight excluding hydrogens is 212 g/mol. The van der Waals surface area contributed by atoms with Crippen LogP contribution in [0.15, 0.2) is 12.2 Å². The summed E-state index contributed by atoms with van der Waals surface area (Å²) in [7, 11) is 0. The first-order valence-corrected chi connectivity index (χ1v) is 7.09. The zero-order valence-corrected chi connectivity index (χ0v) is 10.4. The Morgan fingerprint density at radius 1 is 1.47 bits per heavy atom. The molecule has 0 radical (unpaired) electrons. The van der Waals surface area contributed by atoms with Gasteiger partial charge in [0.1, 0.15) is 5.78 Å². The SMILES string of the molecule is CC1CC(=O)C2C3C=CC4(CCCC4CC12)O3. The van der Waals surface area contributed by atoms with Crippen molar-refractivity contribution in [1.29, 1.82) is 0 Å². The van der Waals surface area contributed by atoms with Gasteiger partial charge in [0.05, 0.1) is 17.6 Å². The van der Waals surface area contributed by atoms with Crippen LogP contribution in [0.2, 0.25) is 0 Å². The van der Waals surface area contributed by atoms with Gasteiger partial charge >= 0.3 is 0 Å². The van der Waals surface area contributed by atoms with E-state index >= 15 is 0 Å². The number of rotatable bonds is 0. The Balaban J connectivity index is 1.76. The van der Waals surface area contributed by atoms with Gasteiger partial charge in [-0.25, -0.2) is 0 Å². The van der Waals surface area contributed by atoms with E-state index < -0.39 is 0 Å². The van der Waals surface area contributed by atoms with E-state index in [1.165, 1.54) is 25.7 Å². The number of ketones is 1. The van der Waals surface area contributed by atoms with E-state index in [1.807, 2.05) is 0 Å². The van der Waals surface area contributed by atoms with Crippen molar-refractivity contribution < 1.29 is 9.53 Å². The van der Waals surface area contributed by atoms with Gasteiger partial charge in [0.25, 0.3) is 0 Å². The molecule has 1 spiro atoms. The Hall–Kier alpha value is -0.630. The van der Waals surface area contributed by atoms with Gasteiger partial charge in [0, 0.05) is 6.42 Å². The summed E-state index contributed by atoms with van der Waals surface area (Å²) in [6.07, 6.45) is 10.4. The maximum Gasteiger partial charge on any atom is 0.139 e. The highest BCUT2D eigenvalue weighted by Gasteiger charge is 2.56. The van der Waals surface area contributed by atoms with Gasteiger partial charge in [-0.05, 0) is 43.4 Å². The number of hydrogen-bond acceptors (Lipinski definition) is 2. The normalized spacial score (nSPS) is 55.8. The van der Waals surface area contributed by atoms with Crippen molar-refractivity contribution in [3.63, 3.8) is 0 Å². The Labute approximate surface area is 102 Å². The topological polar surface area (TPSA) is 26.3 Å². The molecule has 6 unspecified atom stereocenters. The van der Waals surface area contributed by atoms with Crippen LogP contribution < -0.4 is 0 Å². The lowest BCUT2D eigenvalue weighted by Gasteiger charge is -2.29. The molecule has 2 heteroatoms. The van der Waals surface area contributed by atoms with E-state index in [2.05, 4.69) is 19.1 Å². The molecule has 0 N–H and O–H groups in total. The van der Waals surface area contributed by atoms with Crippen molar-refractivity contribution in [3.05, 3.63) is 12.2 Å². The van der Waals surface area contributed by atoms with Crippen molar-refractivity contribution in [2.24, 2.45) is 23.7 Å². The zero-order valence-electron chi connectivity index (χ0n) is 10.4. The number of fused-ring (bicyclic) bond motifs is 3. The predicted molar refractivity (Wildman–Crippen MR) is 64.5 cm³/mol. The summed E-state index contributed by atoms with van der Waals surface area (Å²) >= 11 is 0. The molecule has 2 heterocycles. The lowest BCUT2D eigenvalue weighted by Crippen LogP contribution is -2.33. The molecule has 2 nitrogen and oxygen atoms in total. The third-order valence-corrected chi connectivity index (χ3v) is 5.73. The average Bonchev–Trinajstić information content (AvgIpc) is 2.90. The van der Waals surface area contributed by atoms with E-state index in [4.69, 9.17) is 4.74 Å². The molecule has 2 bridgehead atoms. The van der Waals surface area contributed by atoms with Crippen LogP contribution in [0.1, 0.15) is 39.0 Å². The molecule has 4 rings (SSSR count). The van der Waals surface area contributed by atoms with Crippen LogP contribution in [-0.2, 0) is 9.53 Å². The second-order valence-corrected chi connectivity index (χ2v) is 6.56. The van der Waals surface area contributed by atoms with Gasteiger partial charge in [-0.1, -0.05) is 19.1 Å². The molecule has 1 saturated heterocycles. The molecule has 0 aromatic carbocycles. The van der Waals surface area contributed by atoms with Crippen molar-refractivity contribution in [2.75, 3.05) is 0 Å². The minimum absolute atomic E-state index is 0.0228. The maximum atomic E-state index is 12.2. The van der Waals surface area contributed by atoms with E-state index in [-0.39, 0.29) is 17.6 Å². The quantitative estimate of drug-likeness (QED) is 0.600. The van der Waals surface area contributed by atoms with E-state index in [0.29, 0.717) is 23.5 Å². The van der Waals surface area contributed by atoms with E-state index in [0.717, 1.165) is 6.42 Å². The molecule has 0 aromatic heterocycles. The van der Waals surface area contributed by atoms with Gasteiger partial charge in [-0.2, -0.15) is 0 Å². The lowest BCUT2D eigenvalue weighted by atomic mass is 9.76. The predicted octanol–water partition coefficient (Wildman–Crippen LogP) is 2.73. The lowest BCUT2D eigenvalue weighted by molar-refractivity contribution is -0.126. The van der Waals surface area contributed by atoms with Crippen molar-refractivity contribution in [1.82, 2.24) is 0 Å². The zero-order chi connectivity index (χ0) is 11.6. The summed E-state index contributed by atoms with van der Waals surface area (Å²) < 4.78 is 6.33. The molecule has 2 aliphatic carbocycles. The van der Waals surface area contributed by atoms with Crippen LogP contribution in [0.25, 0.3) is 0 Å². The highest BCUT2D eigenvalue weighted by atomic mass is 16.5. The molecule has 3 fully saturated rings. The number of ether oxygens (including phenoxy) is 1. The molecule has 0 amide bonds. The first kappa shape index (κ1) is 10.3. The van der Waals surface area contributed by atoms with E-state index in [9.17, 15) is 4.79 Å². The first-order chi connectivity index (χ1) is 8.20. The smallest absolute Gasteiger partial charge is 0.139 e. The van der Waals surface area contributed by atoms with Crippen LogP contribution in [0.3, 0.4) is 0 Å². The monoisotopic (exact) mass is 232 g/mol. The standard InChI is InChI=1S/C15H20O2/c1-9-7-12(16)14-11(9)8-10-3-2-5-15(10)6-4-13(14)17-15/h4,6,9-11,13-14H,2-3,5,7-8H2,1H3. The van der Waals surface area contributed by atoms with Gasteiger partial charge in [0.15, 0.2) is 0 Å². The van der Waals surface area contributed by atoms with Crippen LogP contribution >= 0.6 is 0 Å². The summed E-state index contributed by atoms with van der Waals surface area (Å²) in [6, 6.07) is 0. The Morgan fingerprint density at radius 2 is 2.35 bits per heavy atom. The van der Waals surface area contributed by atoms with Gasteiger partial charge in [-0.15, -0.1) is 0 Å². The van der Waals surface area contributed by atoms with E-state index in [1.54, 1.807) is 0 Å². The molecule has 17 heavy (non-hydrogen) atoms. The fraction of sp³-hybridized carbons (Fsp3) is 0.800. The number of carbonyl (C=O) groups is 1. The molecule has 92 valence electrons. The van der Waals surface area contributed by atoms with Crippen LogP contribution in [0, 0.1) is 23.7 Å². The maximum absolute atomic E-state index is 12.2. The summed E-state index contributed by atoms with van der Waals surface area (Å²) in [5.41, 5.74) is 0.0228. The van der Waals surface area contributed by atoms with Gasteiger partial charge < -0.3 is 4.74 Å². The van der Waals surface area contributed by atoms with Gasteiger partial charge in [0.2, 0.25) is 0 Å². The van der Waals surface area contributed by atoms with Crippen molar-refractivity contribution in [2.45, 2.75) is 50.7 Å². The Morgan fingerprint density at radius 3 is 3.24 bits per heavy atom. The Bertz CT molecular complexity index is 400. The first-order valence-electron chi connectivity index (χ1n) is 7.09. The summed E-state index contributed by atoms with van der Waals surface area (Å²) in [5, 5.41) is 0. The summed E-state index contributed by atoms with van der Waals surface area (Å²) in [6.45, 7) is 2.26.